The van der Waals surface area contributed by atoms with Crippen molar-refractivity contribution >= 4 is 0 Å². The number of quaternary nitrogens is 1. The number of halogens is 1. The van der Waals surface area contributed by atoms with Gasteiger partial charge < -0.3 is 26.6 Å². The molecule has 2 nitrogen and oxygen atoms in total. The molecule has 1 aromatic carbocycles. The number of rotatable bonds is 3. The number of aliphatic hydroxyl groups excluding tert-OH is 1. The lowest BCUT2D eigenvalue weighted by atomic mass is 9.92. The summed E-state index contributed by atoms with van der Waals surface area (Å²) in [6.45, 7) is 5.99. The summed E-state index contributed by atoms with van der Waals surface area (Å²) in [5, 5.41) is 9.53. The number of hydrogen-bond donors (Lipinski definition) is 1. The molecule has 0 amide bonds. The van der Waals surface area contributed by atoms with Gasteiger partial charge in [0, 0.05) is 12.0 Å². The molecule has 1 N–H and O–H groups in total. The van der Waals surface area contributed by atoms with Crippen molar-refractivity contribution < 1.29 is 26.6 Å². The van der Waals surface area contributed by atoms with E-state index in [2.05, 4.69) is 37.9 Å². The van der Waals surface area contributed by atoms with Crippen LogP contribution in [0, 0.1) is 0 Å². The highest BCUT2D eigenvalue weighted by Crippen LogP contribution is 2.28. The lowest BCUT2D eigenvalue weighted by molar-refractivity contribution is -0.943. The largest absolute Gasteiger partial charge is 1.00 e. The van der Waals surface area contributed by atoms with Gasteiger partial charge in [-0.3, -0.25) is 0 Å². The highest BCUT2D eigenvalue weighted by atomic mass is 79.9. The van der Waals surface area contributed by atoms with Crippen molar-refractivity contribution in [3.63, 3.8) is 0 Å². The molecule has 1 unspecified atom stereocenters. The molecular weight excluding hydrogens is 278 g/mol. The van der Waals surface area contributed by atoms with Gasteiger partial charge in [-0.2, -0.15) is 0 Å². The van der Waals surface area contributed by atoms with E-state index in [-0.39, 0.29) is 23.6 Å². The van der Waals surface area contributed by atoms with Gasteiger partial charge >= 0.3 is 0 Å². The third-order valence-corrected chi connectivity index (χ3v) is 3.74. The minimum absolute atomic E-state index is 0. The minimum atomic E-state index is 0. The van der Waals surface area contributed by atoms with Crippen LogP contribution in [0.3, 0.4) is 0 Å². The zero-order chi connectivity index (χ0) is 11.6. The minimum Gasteiger partial charge on any atom is -1.00 e. The molecule has 17 heavy (non-hydrogen) atoms. The number of likely N-dealkylation sites (N-methyl/N-ethyl adjacent to an activating group) is 1. The first kappa shape index (κ1) is 14.4. The van der Waals surface area contributed by atoms with Gasteiger partial charge in [0.05, 0.1) is 20.2 Å². The van der Waals surface area contributed by atoms with Crippen molar-refractivity contribution in [3.05, 3.63) is 48.0 Å². The summed E-state index contributed by atoms with van der Waals surface area (Å²) in [4.78, 5) is 0. The zero-order valence-corrected chi connectivity index (χ0v) is 11.9. The summed E-state index contributed by atoms with van der Waals surface area (Å²) in [6, 6.07) is 8.85. The van der Waals surface area contributed by atoms with Crippen molar-refractivity contribution in [1.29, 1.82) is 0 Å². The molecule has 1 aromatic rings. The van der Waals surface area contributed by atoms with Crippen LogP contribution in [0.5, 0.6) is 0 Å². The standard InChI is InChI=1S/C14H20NO.BrH/c1-3-8-15(2)10-13-7-5-4-6-12(13)9-14(15)11-16;/h3-7,14,16H,1,8-11H2,2H3;1H/q+1;/p-1/t14-,15?;/m0./s1. The summed E-state index contributed by atoms with van der Waals surface area (Å²) < 4.78 is 0.872. The molecule has 94 valence electrons. The Hall–Kier alpha value is -0.640. The summed E-state index contributed by atoms with van der Waals surface area (Å²) in [5.74, 6) is 0. The fourth-order valence-electron chi connectivity index (χ4n) is 2.67. The molecule has 0 radical (unpaired) electrons. The monoisotopic (exact) mass is 297 g/mol. The Bertz CT molecular complexity index is 394. The first-order valence-electron chi connectivity index (χ1n) is 5.82. The van der Waals surface area contributed by atoms with Crippen LogP contribution in [-0.4, -0.2) is 35.8 Å². The molecule has 0 aromatic heterocycles. The molecular formula is C14H20BrNO. The first-order valence-corrected chi connectivity index (χ1v) is 5.82. The Balaban J connectivity index is 0.00000144. The summed E-state index contributed by atoms with van der Waals surface area (Å²) in [6.07, 6.45) is 2.92. The molecule has 0 saturated heterocycles. The predicted octanol–water partition coefficient (Wildman–Crippen LogP) is -1.26. The van der Waals surface area contributed by atoms with Crippen LogP contribution in [0.2, 0.25) is 0 Å². The van der Waals surface area contributed by atoms with E-state index in [1.54, 1.807) is 0 Å². The van der Waals surface area contributed by atoms with Crippen molar-refractivity contribution in [3.8, 4) is 0 Å². The van der Waals surface area contributed by atoms with Crippen LogP contribution >= 0.6 is 0 Å². The third kappa shape index (κ3) is 2.79. The lowest BCUT2D eigenvalue weighted by Crippen LogP contribution is -3.00. The highest BCUT2D eigenvalue weighted by molar-refractivity contribution is 5.28. The molecule has 1 aliphatic rings. The van der Waals surface area contributed by atoms with Gasteiger partial charge in [0.25, 0.3) is 0 Å². The van der Waals surface area contributed by atoms with E-state index in [9.17, 15) is 5.11 Å². The van der Waals surface area contributed by atoms with Gasteiger partial charge in [-0.25, -0.2) is 0 Å². The van der Waals surface area contributed by atoms with Crippen molar-refractivity contribution in [2.24, 2.45) is 0 Å². The lowest BCUT2D eigenvalue weighted by Gasteiger charge is -2.44. The van der Waals surface area contributed by atoms with E-state index >= 15 is 0 Å². The second-order valence-electron chi connectivity index (χ2n) is 4.92. The number of nitrogens with zero attached hydrogens (tertiary/aromatic N) is 1. The van der Waals surface area contributed by atoms with Crippen molar-refractivity contribution in [2.45, 2.75) is 19.0 Å². The molecule has 0 aliphatic carbocycles. The maximum absolute atomic E-state index is 9.53. The number of fused-ring (bicyclic) bond motifs is 1. The maximum atomic E-state index is 9.53. The molecule has 1 heterocycles. The van der Waals surface area contributed by atoms with Crippen LogP contribution in [0.1, 0.15) is 11.1 Å². The van der Waals surface area contributed by atoms with Gasteiger partial charge in [0.1, 0.15) is 12.6 Å². The normalized spacial score (nSPS) is 26.8. The van der Waals surface area contributed by atoms with Crippen LogP contribution in [-0.2, 0) is 13.0 Å². The van der Waals surface area contributed by atoms with E-state index in [0.29, 0.717) is 6.04 Å². The van der Waals surface area contributed by atoms with Crippen LogP contribution in [0.15, 0.2) is 36.9 Å². The Kier molecular flexibility index (Phi) is 4.92. The fourth-order valence-corrected chi connectivity index (χ4v) is 2.67. The Morgan fingerprint density at radius 1 is 1.41 bits per heavy atom. The van der Waals surface area contributed by atoms with Gasteiger partial charge in [0.2, 0.25) is 0 Å². The van der Waals surface area contributed by atoms with Crippen LogP contribution in [0.25, 0.3) is 0 Å². The molecule has 0 fully saturated rings. The molecule has 0 bridgehead atoms. The Morgan fingerprint density at radius 2 is 2.06 bits per heavy atom. The topological polar surface area (TPSA) is 20.2 Å². The van der Waals surface area contributed by atoms with E-state index < -0.39 is 0 Å². The SMILES string of the molecule is C=CC[N+]1(C)Cc2ccccc2C[C@H]1CO.[Br-]. The summed E-state index contributed by atoms with van der Waals surface area (Å²) >= 11 is 0. The van der Waals surface area contributed by atoms with E-state index in [1.807, 2.05) is 6.08 Å². The number of benzene rings is 1. The highest BCUT2D eigenvalue weighted by Gasteiger charge is 2.36. The summed E-state index contributed by atoms with van der Waals surface area (Å²) in [5.41, 5.74) is 2.80. The van der Waals surface area contributed by atoms with Crippen molar-refractivity contribution in [1.82, 2.24) is 0 Å². The Morgan fingerprint density at radius 3 is 2.65 bits per heavy atom. The van der Waals surface area contributed by atoms with E-state index in [0.717, 1.165) is 24.0 Å². The molecule has 3 heteroatoms. The first-order chi connectivity index (χ1) is 7.69. The molecule has 2 atom stereocenters. The summed E-state index contributed by atoms with van der Waals surface area (Å²) in [7, 11) is 2.21. The van der Waals surface area contributed by atoms with Gasteiger partial charge in [-0.15, -0.1) is 0 Å². The predicted molar refractivity (Wildman–Crippen MR) is 66.0 cm³/mol. The molecule has 0 spiro atoms. The smallest absolute Gasteiger partial charge is 0.117 e. The van der Waals surface area contributed by atoms with Crippen LogP contribution in [0.4, 0.5) is 0 Å². The Labute approximate surface area is 114 Å². The maximum Gasteiger partial charge on any atom is 0.117 e. The molecule has 2 rings (SSSR count). The second kappa shape index (κ2) is 5.80. The second-order valence-corrected chi connectivity index (χ2v) is 4.92. The molecule has 0 saturated carbocycles. The number of hydrogen-bond acceptors (Lipinski definition) is 1. The average Bonchev–Trinajstić information content (AvgIpc) is 2.28. The fraction of sp³-hybridized carbons (Fsp3) is 0.429. The van der Waals surface area contributed by atoms with Gasteiger partial charge in [-0.1, -0.05) is 30.8 Å². The van der Waals surface area contributed by atoms with Crippen LogP contribution < -0.4 is 17.0 Å². The zero-order valence-electron chi connectivity index (χ0n) is 10.3. The van der Waals surface area contributed by atoms with Gasteiger partial charge in [0.15, 0.2) is 0 Å². The van der Waals surface area contributed by atoms with E-state index in [4.69, 9.17) is 0 Å². The molecule has 1 aliphatic heterocycles. The van der Waals surface area contributed by atoms with Gasteiger partial charge in [-0.05, 0) is 11.6 Å². The average molecular weight is 298 g/mol. The number of aliphatic hydroxyl groups is 1. The van der Waals surface area contributed by atoms with Crippen molar-refractivity contribution in [2.75, 3.05) is 20.2 Å². The van der Waals surface area contributed by atoms with E-state index in [1.165, 1.54) is 11.1 Å². The quantitative estimate of drug-likeness (QED) is 0.546. The third-order valence-electron chi connectivity index (χ3n) is 3.74.